The Morgan fingerprint density at radius 1 is 1.05 bits per heavy atom. The first-order valence-corrected chi connectivity index (χ1v) is 6.14. The largest absolute Gasteiger partial charge is 0.320 e. The van der Waals surface area contributed by atoms with Gasteiger partial charge in [-0.05, 0) is 24.3 Å². The van der Waals surface area contributed by atoms with E-state index in [2.05, 4.69) is 15.4 Å². The van der Waals surface area contributed by atoms with Crippen LogP contribution < -0.4 is 5.32 Å². The number of rotatable bonds is 3. The minimum Gasteiger partial charge on any atom is -0.320 e. The van der Waals surface area contributed by atoms with Gasteiger partial charge in [-0.25, -0.2) is 4.68 Å². The summed E-state index contributed by atoms with van der Waals surface area (Å²) in [6.07, 6.45) is 6.49. The molecule has 1 amide bonds. The number of amides is 1. The van der Waals surface area contributed by atoms with Gasteiger partial charge in [0.2, 0.25) is 0 Å². The Kier molecular flexibility index (Phi) is 3.24. The van der Waals surface area contributed by atoms with Crippen molar-refractivity contribution in [1.82, 2.24) is 14.8 Å². The molecular weight excluding hydrogens is 252 g/mol. The van der Waals surface area contributed by atoms with E-state index in [9.17, 15) is 4.79 Å². The van der Waals surface area contributed by atoms with Crippen LogP contribution in [0.2, 0.25) is 0 Å². The van der Waals surface area contributed by atoms with Crippen LogP contribution in [-0.4, -0.2) is 20.7 Å². The molecule has 0 atom stereocenters. The number of aromatic nitrogens is 3. The summed E-state index contributed by atoms with van der Waals surface area (Å²) >= 11 is 0. The molecule has 0 bridgehead atoms. The summed E-state index contributed by atoms with van der Waals surface area (Å²) in [5.74, 6) is -0.208. The first-order valence-electron chi connectivity index (χ1n) is 6.14. The molecule has 5 nitrogen and oxygen atoms in total. The highest BCUT2D eigenvalue weighted by Gasteiger charge is 2.09. The zero-order chi connectivity index (χ0) is 13.8. The molecule has 1 N–H and O–H groups in total. The lowest BCUT2D eigenvalue weighted by Crippen LogP contribution is -2.11. The van der Waals surface area contributed by atoms with Gasteiger partial charge in [0.05, 0.1) is 29.3 Å². The summed E-state index contributed by atoms with van der Waals surface area (Å²) in [6, 6.07) is 13.2. The molecule has 98 valence electrons. The second-order valence-corrected chi connectivity index (χ2v) is 4.20. The molecule has 2 heterocycles. The number of para-hydroxylation sites is 1. The van der Waals surface area contributed by atoms with Crippen LogP contribution in [0.3, 0.4) is 0 Å². The Balaban J connectivity index is 1.79. The number of nitrogens with zero attached hydrogens (tertiary/aromatic N) is 3. The average molecular weight is 264 g/mol. The Labute approximate surface area is 115 Å². The summed E-state index contributed by atoms with van der Waals surface area (Å²) in [6.45, 7) is 0. The van der Waals surface area contributed by atoms with Gasteiger partial charge in [0, 0.05) is 12.4 Å². The van der Waals surface area contributed by atoms with Crippen molar-refractivity contribution in [1.29, 1.82) is 0 Å². The maximum Gasteiger partial charge on any atom is 0.258 e. The second kappa shape index (κ2) is 5.36. The summed E-state index contributed by atoms with van der Waals surface area (Å²) in [7, 11) is 0. The van der Waals surface area contributed by atoms with Crippen molar-refractivity contribution in [3.63, 3.8) is 0 Å². The molecule has 0 saturated heterocycles. The van der Waals surface area contributed by atoms with Gasteiger partial charge < -0.3 is 5.32 Å². The van der Waals surface area contributed by atoms with E-state index in [0.717, 1.165) is 5.69 Å². The minimum atomic E-state index is -0.208. The molecule has 0 aliphatic rings. The molecule has 0 spiro atoms. The fraction of sp³-hybridized carbons (Fsp3) is 0. The molecule has 0 radical (unpaired) electrons. The predicted octanol–water partition coefficient (Wildman–Crippen LogP) is 2.52. The minimum absolute atomic E-state index is 0.208. The Hall–Kier alpha value is -2.95. The number of hydrogen-bond acceptors (Lipinski definition) is 3. The van der Waals surface area contributed by atoms with Crippen molar-refractivity contribution < 1.29 is 4.79 Å². The lowest BCUT2D eigenvalue weighted by Gasteiger charge is -2.02. The highest BCUT2D eigenvalue weighted by atomic mass is 16.1. The Morgan fingerprint density at radius 3 is 2.65 bits per heavy atom. The number of hydrogen-bond donors (Lipinski definition) is 1. The number of nitrogens with one attached hydrogen (secondary N) is 1. The zero-order valence-corrected chi connectivity index (χ0v) is 10.6. The van der Waals surface area contributed by atoms with Crippen LogP contribution in [0.25, 0.3) is 5.69 Å². The number of carbonyl (C=O) groups is 1. The molecule has 0 saturated carbocycles. The average Bonchev–Trinajstić information content (AvgIpc) is 2.99. The zero-order valence-electron chi connectivity index (χ0n) is 10.6. The molecule has 0 aliphatic carbocycles. The fourth-order valence-electron chi connectivity index (χ4n) is 1.80. The van der Waals surface area contributed by atoms with E-state index in [-0.39, 0.29) is 5.91 Å². The van der Waals surface area contributed by atoms with Gasteiger partial charge in [0.1, 0.15) is 0 Å². The first-order chi connectivity index (χ1) is 9.83. The summed E-state index contributed by atoms with van der Waals surface area (Å²) < 4.78 is 1.66. The standard InChI is InChI=1S/C15H12N4O/c20-15(18-13-5-4-8-16-10-13)12-9-17-19(11-12)14-6-2-1-3-7-14/h1-11H,(H,18,20). The highest BCUT2D eigenvalue weighted by Crippen LogP contribution is 2.10. The molecule has 0 aliphatic heterocycles. The van der Waals surface area contributed by atoms with E-state index in [1.165, 1.54) is 0 Å². The van der Waals surface area contributed by atoms with Crippen LogP contribution in [0.4, 0.5) is 5.69 Å². The van der Waals surface area contributed by atoms with Gasteiger partial charge in [0.15, 0.2) is 0 Å². The van der Waals surface area contributed by atoms with Gasteiger partial charge in [0.25, 0.3) is 5.91 Å². The monoisotopic (exact) mass is 264 g/mol. The lowest BCUT2D eigenvalue weighted by atomic mass is 10.3. The molecule has 1 aromatic carbocycles. The van der Waals surface area contributed by atoms with Crippen LogP contribution in [-0.2, 0) is 0 Å². The first kappa shape index (κ1) is 12.1. The van der Waals surface area contributed by atoms with E-state index in [1.54, 1.807) is 41.6 Å². The SMILES string of the molecule is O=C(Nc1cccnc1)c1cnn(-c2ccccc2)c1. The summed E-state index contributed by atoms with van der Waals surface area (Å²) in [5, 5.41) is 6.96. The van der Waals surface area contributed by atoms with E-state index in [1.807, 2.05) is 30.3 Å². The third kappa shape index (κ3) is 2.56. The molecule has 20 heavy (non-hydrogen) atoms. The highest BCUT2D eigenvalue weighted by molar-refractivity contribution is 6.03. The second-order valence-electron chi connectivity index (χ2n) is 4.20. The van der Waals surface area contributed by atoms with Crippen molar-refractivity contribution in [2.75, 3.05) is 5.32 Å². The van der Waals surface area contributed by atoms with Gasteiger partial charge in [-0.15, -0.1) is 0 Å². The van der Waals surface area contributed by atoms with Crippen LogP contribution >= 0.6 is 0 Å². The van der Waals surface area contributed by atoms with Crippen LogP contribution in [0, 0.1) is 0 Å². The number of anilines is 1. The van der Waals surface area contributed by atoms with E-state index >= 15 is 0 Å². The van der Waals surface area contributed by atoms with Crippen molar-refractivity contribution >= 4 is 11.6 Å². The molecule has 0 unspecified atom stereocenters. The fourth-order valence-corrected chi connectivity index (χ4v) is 1.80. The predicted molar refractivity (Wildman–Crippen MR) is 75.8 cm³/mol. The van der Waals surface area contributed by atoms with Gasteiger partial charge in [-0.1, -0.05) is 18.2 Å². The molecule has 0 fully saturated rings. The van der Waals surface area contributed by atoms with Crippen molar-refractivity contribution in [3.05, 3.63) is 72.8 Å². The normalized spacial score (nSPS) is 10.2. The van der Waals surface area contributed by atoms with E-state index in [4.69, 9.17) is 0 Å². The summed E-state index contributed by atoms with van der Waals surface area (Å²) in [5.41, 5.74) is 2.07. The molecule has 2 aromatic heterocycles. The molecule has 3 rings (SSSR count). The van der Waals surface area contributed by atoms with Gasteiger partial charge in [-0.2, -0.15) is 5.10 Å². The summed E-state index contributed by atoms with van der Waals surface area (Å²) in [4.78, 5) is 16.0. The third-order valence-corrected chi connectivity index (χ3v) is 2.78. The van der Waals surface area contributed by atoms with Gasteiger partial charge >= 0.3 is 0 Å². The van der Waals surface area contributed by atoms with E-state index < -0.39 is 0 Å². The van der Waals surface area contributed by atoms with Gasteiger partial charge in [-0.3, -0.25) is 9.78 Å². The Morgan fingerprint density at radius 2 is 1.90 bits per heavy atom. The van der Waals surface area contributed by atoms with E-state index in [0.29, 0.717) is 11.3 Å². The van der Waals surface area contributed by atoms with Crippen molar-refractivity contribution in [2.45, 2.75) is 0 Å². The topological polar surface area (TPSA) is 59.8 Å². The van der Waals surface area contributed by atoms with Crippen molar-refractivity contribution in [3.8, 4) is 5.69 Å². The number of carbonyl (C=O) groups excluding carboxylic acids is 1. The lowest BCUT2D eigenvalue weighted by molar-refractivity contribution is 0.102. The molecule has 5 heteroatoms. The molecular formula is C15H12N4O. The van der Waals surface area contributed by atoms with Crippen LogP contribution in [0.15, 0.2) is 67.3 Å². The smallest absolute Gasteiger partial charge is 0.258 e. The number of benzene rings is 1. The molecule has 3 aromatic rings. The van der Waals surface area contributed by atoms with Crippen LogP contribution in [0.1, 0.15) is 10.4 Å². The maximum atomic E-state index is 12.1. The quantitative estimate of drug-likeness (QED) is 0.790. The number of pyridine rings is 1. The van der Waals surface area contributed by atoms with Crippen molar-refractivity contribution in [2.24, 2.45) is 0 Å². The third-order valence-electron chi connectivity index (χ3n) is 2.78. The van der Waals surface area contributed by atoms with Crippen LogP contribution in [0.5, 0.6) is 0 Å². The Bertz CT molecular complexity index is 707. The maximum absolute atomic E-state index is 12.1.